The van der Waals surface area contributed by atoms with Crippen LogP contribution in [0.15, 0.2) is 21.5 Å². The lowest BCUT2D eigenvalue weighted by Crippen LogP contribution is -2.32. The lowest BCUT2D eigenvalue weighted by atomic mass is 10.3. The van der Waals surface area contributed by atoms with Crippen molar-refractivity contribution in [2.75, 3.05) is 20.2 Å². The van der Waals surface area contributed by atoms with Crippen LogP contribution >= 0.6 is 39.9 Å². The van der Waals surface area contributed by atoms with Gasteiger partial charge in [0.2, 0.25) is 10.0 Å². The maximum atomic E-state index is 12.5. The first-order valence-electron chi connectivity index (χ1n) is 6.20. The number of hydrogen-bond donors (Lipinski definition) is 2. The minimum absolute atomic E-state index is 0. The van der Waals surface area contributed by atoms with Crippen LogP contribution in [0.3, 0.4) is 0 Å². The van der Waals surface area contributed by atoms with E-state index in [0.29, 0.717) is 21.3 Å². The Morgan fingerprint density at radius 3 is 2.57 bits per heavy atom. The minimum atomic E-state index is -3.64. The predicted molar refractivity (Wildman–Crippen MR) is 86.9 cm³/mol. The molecule has 1 aromatic rings. The van der Waals surface area contributed by atoms with E-state index >= 15 is 0 Å². The van der Waals surface area contributed by atoms with Crippen LogP contribution in [0.1, 0.15) is 0 Å². The number of piperidine rings is 1. The molecule has 2 atom stereocenters. The summed E-state index contributed by atoms with van der Waals surface area (Å²) in [7, 11) is -2.21. The van der Waals surface area contributed by atoms with Crippen LogP contribution in [0.5, 0.6) is 5.75 Å². The van der Waals surface area contributed by atoms with E-state index in [2.05, 4.69) is 26.0 Å². The maximum absolute atomic E-state index is 12.5. The van der Waals surface area contributed by atoms with Crippen molar-refractivity contribution in [1.29, 1.82) is 0 Å². The lowest BCUT2D eigenvalue weighted by Gasteiger charge is -2.13. The molecule has 1 aromatic carbocycles. The first-order chi connectivity index (χ1) is 9.44. The van der Waals surface area contributed by atoms with Gasteiger partial charge < -0.3 is 10.1 Å². The average molecular weight is 418 g/mol. The number of ether oxygens (including phenoxy) is 1. The van der Waals surface area contributed by atoms with Crippen LogP contribution in [0, 0.1) is 11.8 Å². The molecule has 0 spiro atoms. The topological polar surface area (TPSA) is 67.4 Å². The Bertz CT molecular complexity index is 646. The van der Waals surface area contributed by atoms with Crippen LogP contribution in [-0.2, 0) is 10.0 Å². The van der Waals surface area contributed by atoms with E-state index in [1.807, 2.05) is 0 Å². The van der Waals surface area contributed by atoms with E-state index in [-0.39, 0.29) is 29.1 Å². The molecular weight excluding hydrogens is 403 g/mol. The van der Waals surface area contributed by atoms with Crippen molar-refractivity contribution in [3.63, 3.8) is 0 Å². The average Bonchev–Trinajstić information content (AvgIpc) is 2.82. The van der Waals surface area contributed by atoms with Gasteiger partial charge in [-0.1, -0.05) is 11.6 Å². The molecule has 0 amide bonds. The first kappa shape index (κ1) is 17.3. The van der Waals surface area contributed by atoms with Crippen LogP contribution < -0.4 is 14.8 Å². The summed E-state index contributed by atoms with van der Waals surface area (Å²) in [6.07, 6.45) is 0. The maximum Gasteiger partial charge on any atom is 0.244 e. The summed E-state index contributed by atoms with van der Waals surface area (Å²) in [5.41, 5.74) is 0. The third kappa shape index (κ3) is 3.18. The molecule has 2 unspecified atom stereocenters. The van der Waals surface area contributed by atoms with Crippen LogP contribution in [0.25, 0.3) is 0 Å². The molecule has 1 saturated heterocycles. The van der Waals surface area contributed by atoms with Crippen LogP contribution in [-0.4, -0.2) is 34.7 Å². The summed E-state index contributed by atoms with van der Waals surface area (Å²) in [5.74, 6) is 1.07. The van der Waals surface area contributed by atoms with Gasteiger partial charge in [0.05, 0.1) is 11.6 Å². The summed E-state index contributed by atoms with van der Waals surface area (Å²) >= 11 is 9.21. The highest BCUT2D eigenvalue weighted by Gasteiger charge is 2.54. The van der Waals surface area contributed by atoms with Gasteiger partial charge in [0.25, 0.3) is 0 Å². The van der Waals surface area contributed by atoms with Gasteiger partial charge in [-0.05, 0) is 53.0 Å². The second-order valence-corrected chi connectivity index (χ2v) is 8.03. The standard InChI is InChI=1S/C12H14BrClN2O3S.ClH/c1-19-12-9(13)2-6(14)3-10(12)20(17,18)16-11-7-4-15-5-8(7)11;/h2-3,7-8,11,15-16H,4-5H2,1H3;1H. The zero-order chi connectivity index (χ0) is 14.5. The molecule has 9 heteroatoms. The molecule has 2 N–H and O–H groups in total. The molecule has 2 aliphatic rings. The van der Waals surface area contributed by atoms with Crippen LogP contribution in [0.4, 0.5) is 0 Å². The van der Waals surface area contributed by atoms with Gasteiger partial charge in [-0.2, -0.15) is 0 Å². The van der Waals surface area contributed by atoms with Crippen molar-refractivity contribution in [3.05, 3.63) is 21.6 Å². The second-order valence-electron chi connectivity index (χ2n) is 5.05. The van der Waals surface area contributed by atoms with Gasteiger partial charge in [0.15, 0.2) is 5.75 Å². The monoisotopic (exact) mass is 416 g/mol. The third-order valence-corrected chi connectivity index (χ3v) is 6.12. The van der Waals surface area contributed by atoms with Gasteiger partial charge >= 0.3 is 0 Å². The van der Waals surface area contributed by atoms with Crippen LogP contribution in [0.2, 0.25) is 5.02 Å². The number of sulfonamides is 1. The second kappa shape index (κ2) is 6.22. The minimum Gasteiger partial charge on any atom is -0.494 e. The fourth-order valence-corrected chi connectivity index (χ4v) is 5.49. The van der Waals surface area contributed by atoms with E-state index in [1.54, 1.807) is 6.07 Å². The van der Waals surface area contributed by atoms with Gasteiger partial charge in [0.1, 0.15) is 4.90 Å². The third-order valence-electron chi connectivity index (χ3n) is 3.85. The molecule has 0 aromatic heterocycles. The van der Waals surface area contributed by atoms with E-state index < -0.39 is 10.0 Å². The zero-order valence-electron chi connectivity index (χ0n) is 11.1. The molecule has 1 aliphatic carbocycles. The summed E-state index contributed by atoms with van der Waals surface area (Å²) in [6, 6.07) is 3.03. The Labute approximate surface area is 143 Å². The highest BCUT2D eigenvalue weighted by atomic mass is 79.9. The van der Waals surface area contributed by atoms with Crippen molar-refractivity contribution in [2.24, 2.45) is 11.8 Å². The molecule has 1 saturated carbocycles. The van der Waals surface area contributed by atoms with Crippen molar-refractivity contribution >= 4 is 50.0 Å². The number of hydrogen-bond acceptors (Lipinski definition) is 4. The Morgan fingerprint density at radius 1 is 1.38 bits per heavy atom. The molecule has 0 bridgehead atoms. The van der Waals surface area contributed by atoms with Gasteiger partial charge in [-0.3, -0.25) is 0 Å². The predicted octanol–water partition coefficient (Wildman–Crippen LogP) is 2.03. The van der Waals surface area contributed by atoms with Gasteiger partial charge in [0, 0.05) is 11.1 Å². The first-order valence-corrected chi connectivity index (χ1v) is 8.85. The largest absolute Gasteiger partial charge is 0.494 e. The zero-order valence-corrected chi connectivity index (χ0v) is 15.1. The lowest BCUT2D eigenvalue weighted by molar-refractivity contribution is 0.399. The molecule has 3 rings (SSSR count). The van der Waals surface area contributed by atoms with E-state index in [9.17, 15) is 8.42 Å². The molecular formula is C12H15BrCl2N2O3S. The Kier molecular flexibility index (Phi) is 5.12. The number of rotatable bonds is 4. The number of fused-ring (bicyclic) bond motifs is 1. The van der Waals surface area contributed by atoms with E-state index in [0.717, 1.165) is 13.1 Å². The Morgan fingerprint density at radius 2 is 2.00 bits per heavy atom. The highest BCUT2D eigenvalue weighted by molar-refractivity contribution is 9.10. The van der Waals surface area contributed by atoms with Gasteiger partial charge in [-0.25, -0.2) is 13.1 Å². The molecule has 0 radical (unpaired) electrons. The fraction of sp³-hybridized carbons (Fsp3) is 0.500. The van der Waals surface area contributed by atoms with Gasteiger partial charge in [-0.15, -0.1) is 12.4 Å². The van der Waals surface area contributed by atoms with Crippen molar-refractivity contribution in [1.82, 2.24) is 10.0 Å². The number of nitrogens with one attached hydrogen (secondary N) is 2. The summed E-state index contributed by atoms with van der Waals surface area (Å²) < 4.78 is 33.5. The molecule has 21 heavy (non-hydrogen) atoms. The van der Waals surface area contributed by atoms with Crippen molar-refractivity contribution < 1.29 is 13.2 Å². The molecule has 1 heterocycles. The van der Waals surface area contributed by atoms with Crippen molar-refractivity contribution in [2.45, 2.75) is 10.9 Å². The molecule has 2 fully saturated rings. The number of benzene rings is 1. The SMILES string of the molecule is COc1c(Br)cc(Cl)cc1S(=O)(=O)NC1C2CNCC21.Cl. The van der Waals surface area contributed by atoms with E-state index in [4.69, 9.17) is 16.3 Å². The number of halogens is 3. The Balaban J connectivity index is 0.00000161. The summed E-state index contributed by atoms with van der Waals surface area (Å²) in [6.45, 7) is 1.74. The molecule has 1 aliphatic heterocycles. The van der Waals surface area contributed by atoms with E-state index in [1.165, 1.54) is 13.2 Å². The quantitative estimate of drug-likeness (QED) is 0.786. The van der Waals surface area contributed by atoms with Crippen molar-refractivity contribution in [3.8, 4) is 5.75 Å². The highest BCUT2D eigenvalue weighted by Crippen LogP contribution is 2.43. The summed E-state index contributed by atoms with van der Waals surface area (Å²) in [4.78, 5) is 0.0670. The normalized spacial score (nSPS) is 26.9. The molecule has 5 nitrogen and oxygen atoms in total. The fourth-order valence-electron chi connectivity index (χ4n) is 2.77. The summed E-state index contributed by atoms with van der Waals surface area (Å²) in [5, 5.41) is 3.57. The number of methoxy groups -OCH3 is 1. The smallest absolute Gasteiger partial charge is 0.244 e. The Hall–Kier alpha value is -0.0500. The molecule has 118 valence electrons.